The molecule has 1 N–H and O–H groups in total. The highest BCUT2D eigenvalue weighted by Gasteiger charge is 2.42. The van der Waals surface area contributed by atoms with Gasteiger partial charge in [-0.15, -0.1) is 0 Å². The van der Waals surface area contributed by atoms with Gasteiger partial charge in [-0.2, -0.15) is 0 Å². The van der Waals surface area contributed by atoms with E-state index in [4.69, 9.17) is 0 Å². The molecule has 3 heteroatoms. The molecule has 1 aromatic carbocycles. The molecular weight excluding hydrogens is 272 g/mol. The molecule has 2 aliphatic heterocycles. The number of rotatable bonds is 1. The van der Waals surface area contributed by atoms with Crippen molar-refractivity contribution >= 4 is 5.91 Å². The number of nitrogens with one attached hydrogen (secondary N) is 1. The molecule has 0 radical (unpaired) electrons. The van der Waals surface area contributed by atoms with E-state index in [1.165, 1.54) is 30.4 Å². The van der Waals surface area contributed by atoms with Crippen LogP contribution in [-0.4, -0.2) is 37.0 Å². The Morgan fingerprint density at radius 3 is 2.86 bits per heavy atom. The maximum absolute atomic E-state index is 13.1. The Balaban J connectivity index is 1.51. The number of carbonyl (C=O) groups is 1. The number of benzene rings is 1. The van der Waals surface area contributed by atoms with Gasteiger partial charge in [-0.3, -0.25) is 4.79 Å². The second kappa shape index (κ2) is 5.69. The minimum absolute atomic E-state index is 0.113. The second-order valence-corrected chi connectivity index (χ2v) is 7.40. The first kappa shape index (κ1) is 14.3. The summed E-state index contributed by atoms with van der Waals surface area (Å²) in [5.74, 6) is 0.504. The summed E-state index contributed by atoms with van der Waals surface area (Å²) in [5.41, 5.74) is 3.10. The number of carbonyl (C=O) groups excluding carboxylic acids is 1. The second-order valence-electron chi connectivity index (χ2n) is 7.40. The van der Waals surface area contributed by atoms with E-state index in [0.717, 1.165) is 45.4 Å². The predicted molar refractivity (Wildman–Crippen MR) is 87.9 cm³/mol. The minimum Gasteiger partial charge on any atom is -0.342 e. The van der Waals surface area contributed by atoms with Crippen LogP contribution in [0.15, 0.2) is 24.3 Å². The van der Waals surface area contributed by atoms with Gasteiger partial charge in [0.25, 0.3) is 0 Å². The molecule has 1 amide bonds. The first-order chi connectivity index (χ1) is 10.8. The van der Waals surface area contributed by atoms with Crippen molar-refractivity contribution < 1.29 is 4.79 Å². The SMILES string of the molecule is O=C(C1CCCc2ccccc21)N1CCC2(CCNCC2)C1. The van der Waals surface area contributed by atoms with E-state index in [-0.39, 0.29) is 5.92 Å². The molecule has 1 aromatic rings. The predicted octanol–water partition coefficient (Wildman–Crippen LogP) is 2.71. The van der Waals surface area contributed by atoms with Crippen LogP contribution in [0.1, 0.15) is 49.1 Å². The van der Waals surface area contributed by atoms with E-state index in [9.17, 15) is 4.79 Å². The molecular formula is C19H26N2O. The van der Waals surface area contributed by atoms with Crippen LogP contribution >= 0.6 is 0 Å². The molecule has 2 fully saturated rings. The van der Waals surface area contributed by atoms with Crippen molar-refractivity contribution in [3.05, 3.63) is 35.4 Å². The summed E-state index contributed by atoms with van der Waals surface area (Å²) >= 11 is 0. The van der Waals surface area contributed by atoms with Gasteiger partial charge in [-0.25, -0.2) is 0 Å². The molecule has 2 saturated heterocycles. The third-order valence-corrected chi connectivity index (χ3v) is 6.08. The van der Waals surface area contributed by atoms with Gasteiger partial charge in [0, 0.05) is 13.1 Å². The summed E-state index contributed by atoms with van der Waals surface area (Å²) in [5, 5.41) is 3.45. The third kappa shape index (κ3) is 2.45. The summed E-state index contributed by atoms with van der Waals surface area (Å²) < 4.78 is 0. The van der Waals surface area contributed by atoms with Gasteiger partial charge in [0.05, 0.1) is 5.92 Å². The van der Waals surface area contributed by atoms with Crippen molar-refractivity contribution in [2.75, 3.05) is 26.2 Å². The van der Waals surface area contributed by atoms with Crippen LogP contribution in [0.2, 0.25) is 0 Å². The molecule has 3 nitrogen and oxygen atoms in total. The Bertz CT molecular complexity index is 562. The zero-order valence-corrected chi connectivity index (χ0v) is 13.3. The fraction of sp³-hybridized carbons (Fsp3) is 0.632. The maximum atomic E-state index is 13.1. The number of likely N-dealkylation sites (tertiary alicyclic amines) is 1. The van der Waals surface area contributed by atoms with Gasteiger partial charge in [0.1, 0.15) is 0 Å². The van der Waals surface area contributed by atoms with Crippen LogP contribution in [0, 0.1) is 5.41 Å². The molecule has 0 aromatic heterocycles. The lowest BCUT2D eigenvalue weighted by atomic mass is 9.78. The first-order valence-corrected chi connectivity index (χ1v) is 8.85. The zero-order chi connectivity index (χ0) is 15.0. The monoisotopic (exact) mass is 298 g/mol. The Labute approximate surface area is 133 Å². The number of fused-ring (bicyclic) bond motifs is 1. The molecule has 118 valence electrons. The Kier molecular flexibility index (Phi) is 3.69. The molecule has 0 bridgehead atoms. The average Bonchev–Trinajstić information content (AvgIpc) is 2.98. The van der Waals surface area contributed by atoms with Crippen LogP contribution in [0.5, 0.6) is 0 Å². The molecule has 1 aliphatic carbocycles. The highest BCUT2D eigenvalue weighted by Crippen LogP contribution is 2.41. The van der Waals surface area contributed by atoms with Gasteiger partial charge >= 0.3 is 0 Å². The smallest absolute Gasteiger partial charge is 0.230 e. The topological polar surface area (TPSA) is 32.3 Å². The van der Waals surface area contributed by atoms with Crippen LogP contribution < -0.4 is 5.32 Å². The van der Waals surface area contributed by atoms with Crippen LogP contribution in [0.25, 0.3) is 0 Å². The summed E-state index contributed by atoms with van der Waals surface area (Å²) in [4.78, 5) is 15.3. The number of amides is 1. The molecule has 1 atom stereocenters. The van der Waals surface area contributed by atoms with E-state index in [1.54, 1.807) is 0 Å². The van der Waals surface area contributed by atoms with E-state index >= 15 is 0 Å². The standard InChI is InChI=1S/C19H26N2O/c22-18(17-7-3-5-15-4-1-2-6-16(15)17)21-13-10-19(14-21)8-11-20-12-9-19/h1-2,4,6,17,20H,3,5,7-14H2. The first-order valence-electron chi connectivity index (χ1n) is 8.85. The van der Waals surface area contributed by atoms with Crippen LogP contribution in [0.4, 0.5) is 0 Å². The van der Waals surface area contributed by atoms with Gasteiger partial charge in [-0.05, 0) is 68.2 Å². The number of piperidine rings is 1. The highest BCUT2D eigenvalue weighted by molar-refractivity contribution is 5.84. The van der Waals surface area contributed by atoms with E-state index in [1.807, 2.05) is 0 Å². The van der Waals surface area contributed by atoms with E-state index in [2.05, 4.69) is 34.5 Å². The van der Waals surface area contributed by atoms with Crippen molar-refractivity contribution in [2.45, 2.75) is 44.4 Å². The van der Waals surface area contributed by atoms with Gasteiger partial charge < -0.3 is 10.2 Å². The van der Waals surface area contributed by atoms with E-state index < -0.39 is 0 Å². The molecule has 0 saturated carbocycles. The van der Waals surface area contributed by atoms with Gasteiger partial charge in [0.15, 0.2) is 0 Å². The van der Waals surface area contributed by atoms with Gasteiger partial charge in [0.2, 0.25) is 5.91 Å². The number of hydrogen-bond acceptors (Lipinski definition) is 2. The fourth-order valence-corrected chi connectivity index (χ4v) is 4.72. The molecule has 2 heterocycles. The summed E-state index contributed by atoms with van der Waals surface area (Å²) in [6.07, 6.45) is 6.98. The lowest BCUT2D eigenvalue weighted by Gasteiger charge is -2.34. The zero-order valence-electron chi connectivity index (χ0n) is 13.3. The number of aryl methyl sites for hydroxylation is 1. The lowest BCUT2D eigenvalue weighted by Crippen LogP contribution is -2.41. The quantitative estimate of drug-likeness (QED) is 0.864. The molecule has 1 spiro atoms. The van der Waals surface area contributed by atoms with Crippen molar-refractivity contribution in [3.8, 4) is 0 Å². The summed E-state index contributed by atoms with van der Waals surface area (Å²) in [7, 11) is 0. The van der Waals surface area contributed by atoms with E-state index in [0.29, 0.717) is 11.3 Å². The average molecular weight is 298 g/mol. The third-order valence-electron chi connectivity index (χ3n) is 6.08. The van der Waals surface area contributed by atoms with Crippen molar-refractivity contribution in [1.82, 2.24) is 10.2 Å². The van der Waals surface area contributed by atoms with Crippen LogP contribution in [-0.2, 0) is 11.2 Å². The van der Waals surface area contributed by atoms with Crippen molar-refractivity contribution in [3.63, 3.8) is 0 Å². The van der Waals surface area contributed by atoms with Crippen molar-refractivity contribution in [2.24, 2.45) is 5.41 Å². The number of nitrogens with zero attached hydrogens (tertiary/aromatic N) is 1. The Morgan fingerprint density at radius 2 is 2.00 bits per heavy atom. The van der Waals surface area contributed by atoms with Gasteiger partial charge in [-0.1, -0.05) is 24.3 Å². The number of hydrogen-bond donors (Lipinski definition) is 1. The summed E-state index contributed by atoms with van der Waals surface area (Å²) in [6.45, 7) is 4.20. The fourth-order valence-electron chi connectivity index (χ4n) is 4.72. The van der Waals surface area contributed by atoms with Crippen molar-refractivity contribution in [1.29, 1.82) is 0 Å². The minimum atomic E-state index is 0.113. The highest BCUT2D eigenvalue weighted by atomic mass is 16.2. The van der Waals surface area contributed by atoms with Crippen LogP contribution in [0.3, 0.4) is 0 Å². The molecule has 1 unspecified atom stereocenters. The molecule has 22 heavy (non-hydrogen) atoms. The summed E-state index contributed by atoms with van der Waals surface area (Å²) in [6, 6.07) is 8.56. The Morgan fingerprint density at radius 1 is 1.18 bits per heavy atom. The normalized spacial score (nSPS) is 26.9. The molecule has 3 aliphatic rings. The largest absolute Gasteiger partial charge is 0.342 e. The Hall–Kier alpha value is -1.35. The lowest BCUT2D eigenvalue weighted by molar-refractivity contribution is -0.132. The molecule has 4 rings (SSSR count). The maximum Gasteiger partial charge on any atom is 0.230 e.